The zero-order valence-corrected chi connectivity index (χ0v) is 11.9. The maximum Gasteiger partial charge on any atom is 0.291 e. The molecule has 4 heteroatoms. The van der Waals surface area contributed by atoms with Crippen molar-refractivity contribution in [3.05, 3.63) is 78.9 Å². The molecule has 1 atom stereocenters. The van der Waals surface area contributed by atoms with Gasteiger partial charge in [-0.25, -0.2) is 4.39 Å². The molecule has 0 bridgehead atoms. The highest BCUT2D eigenvalue weighted by atomic mass is 19.1. The smallest absolute Gasteiger partial charge is 0.268 e. The lowest BCUT2D eigenvalue weighted by atomic mass is 9.90. The second kappa shape index (κ2) is 5.56. The van der Waals surface area contributed by atoms with Gasteiger partial charge in [-0.05, 0) is 12.1 Å². The molecule has 0 aliphatic carbocycles. The molecule has 1 unspecified atom stereocenters. The molecule has 0 N–H and O–H groups in total. The molecule has 2 aromatic rings. The summed E-state index contributed by atoms with van der Waals surface area (Å²) in [6.45, 7) is 3.56. The van der Waals surface area contributed by atoms with Crippen LogP contribution in [0.5, 0.6) is 0 Å². The first kappa shape index (κ1) is 14.2. The van der Waals surface area contributed by atoms with Crippen LogP contribution >= 0.6 is 0 Å². The van der Waals surface area contributed by atoms with Crippen molar-refractivity contribution in [2.45, 2.75) is 12.1 Å². The summed E-state index contributed by atoms with van der Waals surface area (Å²) in [5, 5.41) is 5.39. The normalized spacial score (nSPS) is 20.9. The highest BCUT2D eigenvalue weighted by Gasteiger charge is 2.52. The van der Waals surface area contributed by atoms with E-state index >= 15 is 4.39 Å². The lowest BCUT2D eigenvalue weighted by molar-refractivity contribution is -0.124. The molecule has 3 rings (SSSR count). The number of amides is 1. The Hall–Kier alpha value is -2.75. The Morgan fingerprint density at radius 3 is 2.27 bits per heavy atom. The number of halogens is 1. The number of nitrogens with zero attached hydrogens (tertiary/aromatic N) is 2. The fourth-order valence-electron chi connectivity index (χ4n) is 2.50. The van der Waals surface area contributed by atoms with Crippen LogP contribution < -0.4 is 5.01 Å². The van der Waals surface area contributed by atoms with Crippen molar-refractivity contribution < 1.29 is 9.18 Å². The second-order valence-electron chi connectivity index (χ2n) is 5.06. The average molecular weight is 294 g/mol. The molecule has 1 aliphatic rings. The first-order valence-electron chi connectivity index (χ1n) is 7.01. The van der Waals surface area contributed by atoms with Crippen molar-refractivity contribution in [3.8, 4) is 0 Å². The average Bonchev–Trinajstić information content (AvgIpc) is 2.82. The predicted molar refractivity (Wildman–Crippen MR) is 85.6 cm³/mol. The van der Waals surface area contributed by atoms with Gasteiger partial charge in [0.05, 0.1) is 5.69 Å². The van der Waals surface area contributed by atoms with Gasteiger partial charge in [0.2, 0.25) is 5.67 Å². The van der Waals surface area contributed by atoms with E-state index in [4.69, 9.17) is 0 Å². The Kier molecular flexibility index (Phi) is 3.59. The zero-order chi connectivity index (χ0) is 15.6. The predicted octanol–water partition coefficient (Wildman–Crippen LogP) is 3.72. The summed E-state index contributed by atoms with van der Waals surface area (Å²) in [5.41, 5.74) is -0.913. The number of alkyl halides is 1. The van der Waals surface area contributed by atoms with Crippen molar-refractivity contribution in [1.82, 2.24) is 0 Å². The first-order chi connectivity index (χ1) is 10.7. The van der Waals surface area contributed by atoms with Gasteiger partial charge in [0.1, 0.15) is 5.71 Å². The highest BCUT2D eigenvalue weighted by molar-refractivity contribution is 6.27. The number of carbonyl (C=O) groups excluding carboxylic acids is 1. The fourth-order valence-corrected chi connectivity index (χ4v) is 2.50. The number of allylic oxidation sites excluding steroid dienone is 1. The number of hydrogen-bond acceptors (Lipinski definition) is 2. The molecule has 0 fully saturated rings. The molecule has 1 aliphatic heterocycles. The Bertz CT molecular complexity index is 727. The van der Waals surface area contributed by atoms with Crippen LogP contribution in [0.2, 0.25) is 0 Å². The Morgan fingerprint density at radius 1 is 1.09 bits per heavy atom. The van der Waals surface area contributed by atoms with Gasteiger partial charge in [0.25, 0.3) is 5.91 Å². The van der Waals surface area contributed by atoms with Crippen LogP contribution in [0.3, 0.4) is 0 Å². The van der Waals surface area contributed by atoms with Crippen molar-refractivity contribution in [2.24, 2.45) is 5.10 Å². The minimum atomic E-state index is -2.18. The first-order valence-corrected chi connectivity index (χ1v) is 7.01. The molecule has 0 spiro atoms. The fraction of sp³-hybridized carbons (Fsp3) is 0.111. The van der Waals surface area contributed by atoms with E-state index in [9.17, 15) is 4.79 Å². The number of hydrazone groups is 1. The van der Waals surface area contributed by atoms with Gasteiger partial charge in [-0.15, -0.1) is 6.58 Å². The molecule has 1 amide bonds. The molecule has 3 nitrogen and oxygen atoms in total. The van der Waals surface area contributed by atoms with Crippen molar-refractivity contribution >= 4 is 17.3 Å². The van der Waals surface area contributed by atoms with E-state index in [0.29, 0.717) is 11.3 Å². The third kappa shape index (κ3) is 2.22. The Morgan fingerprint density at radius 2 is 1.68 bits per heavy atom. The number of carbonyl (C=O) groups is 1. The van der Waals surface area contributed by atoms with Crippen LogP contribution in [0.25, 0.3) is 0 Å². The van der Waals surface area contributed by atoms with E-state index in [1.54, 1.807) is 48.5 Å². The SMILES string of the molecule is C=CCC1(F)C(=O)N(c2ccccc2)N=C1c1ccccc1. The van der Waals surface area contributed by atoms with Gasteiger partial charge in [0.15, 0.2) is 0 Å². The number of rotatable bonds is 4. The van der Waals surface area contributed by atoms with Gasteiger partial charge in [0, 0.05) is 12.0 Å². The summed E-state index contributed by atoms with van der Waals surface area (Å²) in [7, 11) is 0. The minimum absolute atomic E-state index is 0.108. The third-order valence-electron chi connectivity index (χ3n) is 3.58. The van der Waals surface area contributed by atoms with Gasteiger partial charge in [-0.1, -0.05) is 54.6 Å². The van der Waals surface area contributed by atoms with Crippen LogP contribution in [0, 0.1) is 0 Å². The number of benzene rings is 2. The van der Waals surface area contributed by atoms with E-state index in [1.165, 1.54) is 6.08 Å². The molecule has 0 saturated carbocycles. The van der Waals surface area contributed by atoms with Crippen molar-refractivity contribution in [2.75, 3.05) is 5.01 Å². The summed E-state index contributed by atoms with van der Waals surface area (Å²) in [6.07, 6.45) is 1.30. The largest absolute Gasteiger partial charge is 0.291 e. The molecule has 0 aromatic heterocycles. The summed E-state index contributed by atoms with van der Waals surface area (Å²) < 4.78 is 15.4. The second-order valence-corrected chi connectivity index (χ2v) is 5.06. The maximum absolute atomic E-state index is 15.4. The summed E-state index contributed by atoms with van der Waals surface area (Å²) in [6, 6.07) is 17.8. The van der Waals surface area contributed by atoms with E-state index < -0.39 is 11.6 Å². The van der Waals surface area contributed by atoms with E-state index in [-0.39, 0.29) is 12.1 Å². The summed E-state index contributed by atoms with van der Waals surface area (Å²) in [5.74, 6) is -0.683. The molecule has 110 valence electrons. The standard InChI is InChI=1S/C18H15FN2O/c1-2-13-18(19)16(14-9-5-3-6-10-14)20-21(17(18)22)15-11-7-4-8-12-15/h2-12H,1,13H2. The topological polar surface area (TPSA) is 32.7 Å². The zero-order valence-electron chi connectivity index (χ0n) is 11.9. The Labute approximate surface area is 128 Å². The minimum Gasteiger partial charge on any atom is -0.268 e. The highest BCUT2D eigenvalue weighted by Crippen LogP contribution is 2.34. The monoisotopic (exact) mass is 294 g/mol. The van der Waals surface area contributed by atoms with Gasteiger partial charge < -0.3 is 0 Å². The van der Waals surface area contributed by atoms with Crippen molar-refractivity contribution in [3.63, 3.8) is 0 Å². The molecule has 0 radical (unpaired) electrons. The quantitative estimate of drug-likeness (QED) is 0.791. The summed E-state index contributed by atoms with van der Waals surface area (Å²) in [4.78, 5) is 12.6. The third-order valence-corrected chi connectivity index (χ3v) is 3.58. The Balaban J connectivity index is 2.11. The van der Waals surface area contributed by atoms with Crippen LogP contribution in [-0.4, -0.2) is 17.3 Å². The van der Waals surface area contributed by atoms with Gasteiger partial charge in [-0.3, -0.25) is 4.79 Å². The van der Waals surface area contributed by atoms with E-state index in [0.717, 1.165) is 5.01 Å². The molecule has 2 aromatic carbocycles. The van der Waals surface area contributed by atoms with E-state index in [2.05, 4.69) is 11.7 Å². The maximum atomic E-state index is 15.4. The van der Waals surface area contributed by atoms with Gasteiger partial charge >= 0.3 is 0 Å². The lowest BCUT2D eigenvalue weighted by Crippen LogP contribution is -2.42. The molecule has 22 heavy (non-hydrogen) atoms. The van der Waals surface area contributed by atoms with Crippen molar-refractivity contribution in [1.29, 1.82) is 0 Å². The van der Waals surface area contributed by atoms with Crippen LogP contribution in [0.15, 0.2) is 78.4 Å². The van der Waals surface area contributed by atoms with Crippen LogP contribution in [-0.2, 0) is 4.79 Å². The molecular weight excluding hydrogens is 279 g/mol. The lowest BCUT2D eigenvalue weighted by Gasteiger charge is -2.19. The number of para-hydroxylation sites is 1. The van der Waals surface area contributed by atoms with Crippen LogP contribution in [0.1, 0.15) is 12.0 Å². The molecular formula is C18H15FN2O. The van der Waals surface area contributed by atoms with Gasteiger partial charge in [-0.2, -0.15) is 10.1 Å². The number of anilines is 1. The van der Waals surface area contributed by atoms with Crippen LogP contribution in [0.4, 0.5) is 10.1 Å². The molecule has 1 heterocycles. The summed E-state index contributed by atoms with van der Waals surface area (Å²) >= 11 is 0. The van der Waals surface area contributed by atoms with E-state index in [1.807, 2.05) is 12.1 Å². The molecule has 0 saturated heterocycles. The number of hydrogen-bond donors (Lipinski definition) is 0.